The molecule has 5 rings (SSSR count). The molecule has 5 heteroatoms. The Balaban J connectivity index is 1.41. The second-order valence-corrected chi connectivity index (χ2v) is 10.4. The van der Waals surface area contributed by atoms with Crippen molar-refractivity contribution in [1.29, 1.82) is 0 Å². The molecule has 5 aromatic rings. The van der Waals surface area contributed by atoms with Gasteiger partial charge in [-0.1, -0.05) is 84.9 Å². The predicted octanol–water partition coefficient (Wildman–Crippen LogP) is 8.15. The van der Waals surface area contributed by atoms with Crippen LogP contribution in [0, 0.1) is 0 Å². The molecule has 5 nitrogen and oxygen atoms in total. The van der Waals surface area contributed by atoms with E-state index in [1.54, 1.807) is 43.4 Å². The maximum atomic E-state index is 14.0. The van der Waals surface area contributed by atoms with Crippen LogP contribution in [0.5, 0.6) is 11.5 Å². The monoisotopic (exact) mass is 569 g/mol. The Kier molecular flexibility index (Phi) is 9.65. The molecule has 1 unspecified atom stereocenters. The highest BCUT2D eigenvalue weighted by Crippen LogP contribution is 2.29. The van der Waals surface area contributed by atoms with Crippen molar-refractivity contribution in [3.05, 3.63) is 161 Å². The summed E-state index contributed by atoms with van der Waals surface area (Å²) in [6.07, 6.45) is 1.03. The summed E-state index contributed by atoms with van der Waals surface area (Å²) >= 11 is 0. The third-order valence-electron chi connectivity index (χ3n) is 7.59. The molecule has 0 bridgehead atoms. The Morgan fingerprint density at radius 2 is 1.19 bits per heavy atom. The van der Waals surface area contributed by atoms with Crippen LogP contribution in [0.1, 0.15) is 49.7 Å². The van der Waals surface area contributed by atoms with Crippen molar-refractivity contribution in [2.24, 2.45) is 0 Å². The van der Waals surface area contributed by atoms with Gasteiger partial charge in [0.15, 0.2) is 5.78 Å². The van der Waals surface area contributed by atoms with Crippen molar-refractivity contribution >= 4 is 17.4 Å². The Hall–Kier alpha value is -5.16. The molecule has 0 radical (unpaired) electrons. The molecular weight excluding hydrogens is 534 g/mol. The molecule has 1 amide bonds. The van der Waals surface area contributed by atoms with Crippen LogP contribution in [0.2, 0.25) is 0 Å². The average Bonchev–Trinajstić information content (AvgIpc) is 3.07. The summed E-state index contributed by atoms with van der Waals surface area (Å²) in [5.41, 5.74) is 4.96. The van der Waals surface area contributed by atoms with Crippen molar-refractivity contribution in [2.75, 3.05) is 19.1 Å². The van der Waals surface area contributed by atoms with Crippen LogP contribution in [-0.2, 0) is 13.0 Å². The van der Waals surface area contributed by atoms with Crippen LogP contribution in [-0.4, -0.2) is 25.9 Å². The summed E-state index contributed by atoms with van der Waals surface area (Å²) in [7, 11) is 3.26. The number of hydrogen-bond donors (Lipinski definition) is 0. The molecule has 0 aromatic heterocycles. The van der Waals surface area contributed by atoms with Gasteiger partial charge in [-0.05, 0) is 77.6 Å². The van der Waals surface area contributed by atoms with Crippen LogP contribution in [0.15, 0.2) is 133 Å². The molecule has 0 spiro atoms. The van der Waals surface area contributed by atoms with Gasteiger partial charge < -0.3 is 14.4 Å². The topological polar surface area (TPSA) is 55.8 Å². The number of Topliss-reactive ketones (excluding diaryl/α,β-unsaturated/α-hetero) is 1. The molecule has 0 aliphatic rings. The lowest BCUT2D eigenvalue weighted by molar-refractivity contribution is 0.0973. The summed E-state index contributed by atoms with van der Waals surface area (Å²) < 4.78 is 10.7. The quantitative estimate of drug-likeness (QED) is 0.142. The second-order valence-electron chi connectivity index (χ2n) is 10.4. The number of rotatable bonds is 12. The molecule has 0 aliphatic heterocycles. The molecule has 0 saturated heterocycles. The van der Waals surface area contributed by atoms with Crippen LogP contribution in [0.3, 0.4) is 0 Å². The molecule has 0 N–H and O–H groups in total. The van der Waals surface area contributed by atoms with E-state index >= 15 is 0 Å². The highest BCUT2D eigenvalue weighted by atomic mass is 16.5. The van der Waals surface area contributed by atoms with Gasteiger partial charge in [0.2, 0.25) is 0 Å². The number of hydrogen-bond acceptors (Lipinski definition) is 4. The fourth-order valence-electron chi connectivity index (χ4n) is 5.21. The standard InChI is InChI=1S/C38H35NO4/c1-42-35-20-16-30(17-21-35)33(24-28-10-5-3-6-11-28)26-37(40)31-14-9-15-32(25-31)38(41)39(27-29-12-7-4-8-13-29)34-18-22-36(43-2)23-19-34/h3-23,25,33H,24,26-27H2,1-2H3. The van der Waals surface area contributed by atoms with Crippen molar-refractivity contribution in [2.45, 2.75) is 25.3 Å². The zero-order valence-electron chi connectivity index (χ0n) is 24.5. The van der Waals surface area contributed by atoms with Crippen molar-refractivity contribution in [3.63, 3.8) is 0 Å². The first kappa shape index (κ1) is 29.3. The highest BCUT2D eigenvalue weighted by Gasteiger charge is 2.22. The second kappa shape index (κ2) is 14.1. The Bertz CT molecular complexity index is 1630. The predicted molar refractivity (Wildman–Crippen MR) is 171 cm³/mol. The smallest absolute Gasteiger partial charge is 0.258 e. The molecule has 0 heterocycles. The fourth-order valence-corrected chi connectivity index (χ4v) is 5.21. The number of nitrogens with zero attached hydrogens (tertiary/aromatic N) is 1. The lowest BCUT2D eigenvalue weighted by atomic mass is 9.86. The number of anilines is 1. The summed E-state index contributed by atoms with van der Waals surface area (Å²) in [4.78, 5) is 29.5. The average molecular weight is 570 g/mol. The molecule has 5 aromatic carbocycles. The van der Waals surface area contributed by atoms with Gasteiger partial charge in [-0.3, -0.25) is 9.59 Å². The summed E-state index contributed by atoms with van der Waals surface area (Å²) in [6, 6.07) is 42.5. The molecule has 0 aliphatic carbocycles. The molecule has 216 valence electrons. The zero-order valence-corrected chi connectivity index (χ0v) is 24.5. The molecule has 43 heavy (non-hydrogen) atoms. The fraction of sp³-hybridized carbons (Fsp3) is 0.158. The van der Waals surface area contributed by atoms with E-state index in [4.69, 9.17) is 9.47 Å². The minimum absolute atomic E-state index is 0.00884. The Morgan fingerprint density at radius 3 is 1.79 bits per heavy atom. The van der Waals surface area contributed by atoms with E-state index in [1.165, 1.54) is 0 Å². The van der Waals surface area contributed by atoms with Crippen molar-refractivity contribution in [3.8, 4) is 11.5 Å². The van der Waals surface area contributed by atoms with Gasteiger partial charge in [-0.15, -0.1) is 0 Å². The third kappa shape index (κ3) is 7.57. The number of benzene rings is 5. The first-order valence-corrected chi connectivity index (χ1v) is 14.3. The van der Waals surface area contributed by atoms with E-state index < -0.39 is 0 Å². The van der Waals surface area contributed by atoms with E-state index in [2.05, 4.69) is 12.1 Å². The number of carbonyl (C=O) groups excluding carboxylic acids is 2. The van der Waals surface area contributed by atoms with Crippen LogP contribution < -0.4 is 14.4 Å². The lowest BCUT2D eigenvalue weighted by Gasteiger charge is -2.24. The van der Waals surface area contributed by atoms with Crippen LogP contribution in [0.4, 0.5) is 5.69 Å². The number of ketones is 1. The van der Waals surface area contributed by atoms with Crippen LogP contribution in [0.25, 0.3) is 0 Å². The van der Waals surface area contributed by atoms with Gasteiger partial charge >= 0.3 is 0 Å². The van der Waals surface area contributed by atoms with Gasteiger partial charge in [0.05, 0.1) is 20.8 Å². The normalized spacial score (nSPS) is 11.4. The van der Waals surface area contributed by atoms with E-state index in [-0.39, 0.29) is 17.6 Å². The van der Waals surface area contributed by atoms with Crippen LogP contribution >= 0.6 is 0 Å². The van der Waals surface area contributed by atoms with Gasteiger partial charge in [0.1, 0.15) is 11.5 Å². The zero-order chi connectivity index (χ0) is 30.0. The SMILES string of the molecule is COc1ccc(C(CC(=O)c2cccc(C(=O)N(Cc3ccccc3)c3ccc(OC)cc3)c2)Cc2ccccc2)cc1. The molecule has 0 saturated carbocycles. The van der Waals surface area contributed by atoms with Gasteiger partial charge in [-0.2, -0.15) is 0 Å². The molecule has 1 atom stereocenters. The van der Waals surface area contributed by atoms with E-state index in [9.17, 15) is 9.59 Å². The summed E-state index contributed by atoms with van der Waals surface area (Å²) in [6.45, 7) is 0.390. The number of ether oxygens (including phenoxy) is 2. The number of methoxy groups -OCH3 is 2. The van der Waals surface area contributed by atoms with Gasteiger partial charge in [-0.25, -0.2) is 0 Å². The Morgan fingerprint density at radius 1 is 0.628 bits per heavy atom. The minimum Gasteiger partial charge on any atom is -0.497 e. The maximum Gasteiger partial charge on any atom is 0.258 e. The van der Waals surface area contributed by atoms with E-state index in [0.717, 1.165) is 34.5 Å². The molecule has 0 fully saturated rings. The minimum atomic E-state index is -0.181. The van der Waals surface area contributed by atoms with Crippen molar-refractivity contribution in [1.82, 2.24) is 0 Å². The third-order valence-corrected chi connectivity index (χ3v) is 7.59. The molecular formula is C38H35NO4. The van der Waals surface area contributed by atoms with E-state index in [0.29, 0.717) is 29.8 Å². The number of amides is 1. The summed E-state index contributed by atoms with van der Waals surface area (Å²) in [5.74, 6) is 1.26. The van der Waals surface area contributed by atoms with Crippen molar-refractivity contribution < 1.29 is 19.1 Å². The largest absolute Gasteiger partial charge is 0.497 e. The first-order valence-electron chi connectivity index (χ1n) is 14.3. The lowest BCUT2D eigenvalue weighted by Crippen LogP contribution is -2.30. The maximum absolute atomic E-state index is 14.0. The number of carbonyl (C=O) groups is 2. The van der Waals surface area contributed by atoms with Gasteiger partial charge in [0, 0.05) is 23.2 Å². The summed E-state index contributed by atoms with van der Waals surface area (Å²) in [5, 5.41) is 0. The van der Waals surface area contributed by atoms with Gasteiger partial charge in [0.25, 0.3) is 5.91 Å². The first-order chi connectivity index (χ1) is 21.0. The van der Waals surface area contributed by atoms with E-state index in [1.807, 2.05) is 97.1 Å². The Labute approximate surface area is 253 Å². The highest BCUT2D eigenvalue weighted by molar-refractivity contribution is 6.08.